The molecule has 0 saturated carbocycles. The molecule has 1 heterocycles. The molecule has 0 aliphatic carbocycles. The van der Waals surface area contributed by atoms with E-state index in [2.05, 4.69) is 15.7 Å². The van der Waals surface area contributed by atoms with E-state index >= 15 is 0 Å². The SMILES string of the molecule is CC(NC(=O)NCCCn1cccn1)C(C)C(=O)O. The molecule has 0 spiro atoms. The summed E-state index contributed by atoms with van der Waals surface area (Å²) in [5, 5.41) is 18.1. The number of nitrogens with one attached hydrogen (secondary N) is 2. The van der Waals surface area contributed by atoms with Crippen molar-refractivity contribution in [2.75, 3.05) is 6.54 Å². The van der Waals surface area contributed by atoms with Gasteiger partial charge in [0.2, 0.25) is 0 Å². The number of carboxylic acids is 1. The Balaban J connectivity index is 2.15. The third-order valence-corrected chi connectivity index (χ3v) is 2.91. The largest absolute Gasteiger partial charge is 0.481 e. The fraction of sp³-hybridized carbons (Fsp3) is 0.583. The van der Waals surface area contributed by atoms with Crippen molar-refractivity contribution in [1.29, 1.82) is 0 Å². The molecule has 2 unspecified atom stereocenters. The highest BCUT2D eigenvalue weighted by Crippen LogP contribution is 2.01. The van der Waals surface area contributed by atoms with Crippen molar-refractivity contribution in [2.45, 2.75) is 32.9 Å². The third-order valence-electron chi connectivity index (χ3n) is 2.91. The fourth-order valence-electron chi connectivity index (χ4n) is 1.47. The van der Waals surface area contributed by atoms with Gasteiger partial charge >= 0.3 is 12.0 Å². The van der Waals surface area contributed by atoms with Gasteiger partial charge in [0.05, 0.1) is 5.92 Å². The summed E-state index contributed by atoms with van der Waals surface area (Å²) in [5.74, 6) is -1.54. The highest BCUT2D eigenvalue weighted by atomic mass is 16.4. The van der Waals surface area contributed by atoms with Crippen molar-refractivity contribution in [3.8, 4) is 0 Å². The summed E-state index contributed by atoms with van der Waals surface area (Å²) in [4.78, 5) is 22.2. The Morgan fingerprint density at radius 3 is 2.74 bits per heavy atom. The van der Waals surface area contributed by atoms with Crippen LogP contribution in [0.2, 0.25) is 0 Å². The van der Waals surface area contributed by atoms with Gasteiger partial charge in [-0.3, -0.25) is 9.48 Å². The van der Waals surface area contributed by atoms with Gasteiger partial charge in [-0.05, 0) is 26.3 Å². The topological polar surface area (TPSA) is 96.3 Å². The van der Waals surface area contributed by atoms with Crippen LogP contribution < -0.4 is 10.6 Å². The number of carboxylic acid groups (broad SMARTS) is 1. The van der Waals surface area contributed by atoms with E-state index < -0.39 is 17.9 Å². The van der Waals surface area contributed by atoms with Crippen LogP contribution in [0.15, 0.2) is 18.5 Å². The monoisotopic (exact) mass is 268 g/mol. The van der Waals surface area contributed by atoms with Gasteiger partial charge in [-0.25, -0.2) is 4.79 Å². The van der Waals surface area contributed by atoms with Gasteiger partial charge in [-0.1, -0.05) is 0 Å². The van der Waals surface area contributed by atoms with Crippen molar-refractivity contribution >= 4 is 12.0 Å². The standard InChI is InChI=1S/C12H20N4O3/c1-9(11(17)18)10(2)15-12(19)13-5-3-7-16-8-4-6-14-16/h4,6,8-10H,3,5,7H2,1-2H3,(H,17,18)(H2,13,15,19). The van der Waals surface area contributed by atoms with Crippen molar-refractivity contribution in [2.24, 2.45) is 5.92 Å². The zero-order chi connectivity index (χ0) is 14.3. The van der Waals surface area contributed by atoms with Gasteiger partial charge in [0.1, 0.15) is 0 Å². The van der Waals surface area contributed by atoms with Crippen molar-refractivity contribution < 1.29 is 14.7 Å². The lowest BCUT2D eigenvalue weighted by Crippen LogP contribution is -2.45. The highest BCUT2D eigenvalue weighted by Gasteiger charge is 2.20. The Labute approximate surface area is 112 Å². The van der Waals surface area contributed by atoms with Crippen molar-refractivity contribution in [3.05, 3.63) is 18.5 Å². The number of urea groups is 1. The molecule has 1 aromatic rings. The van der Waals surface area contributed by atoms with Crippen LogP contribution in [-0.2, 0) is 11.3 Å². The number of aliphatic carboxylic acids is 1. The summed E-state index contributed by atoms with van der Waals surface area (Å²) in [6.07, 6.45) is 4.32. The van der Waals surface area contributed by atoms with E-state index in [0.29, 0.717) is 6.54 Å². The lowest BCUT2D eigenvalue weighted by Gasteiger charge is -2.18. The second-order valence-corrected chi connectivity index (χ2v) is 4.44. The van der Waals surface area contributed by atoms with Crippen LogP contribution in [0.5, 0.6) is 0 Å². The number of carbonyl (C=O) groups excluding carboxylic acids is 1. The Morgan fingerprint density at radius 1 is 1.42 bits per heavy atom. The number of rotatable bonds is 7. The quantitative estimate of drug-likeness (QED) is 0.634. The number of amides is 2. The van der Waals surface area contributed by atoms with E-state index in [1.165, 1.54) is 0 Å². The number of aromatic nitrogens is 2. The Bertz CT molecular complexity index is 405. The number of carbonyl (C=O) groups is 2. The summed E-state index contributed by atoms with van der Waals surface area (Å²) in [6.45, 7) is 4.47. The van der Waals surface area contributed by atoms with Gasteiger partial charge in [-0.15, -0.1) is 0 Å². The lowest BCUT2D eigenvalue weighted by molar-refractivity contribution is -0.141. The summed E-state index contributed by atoms with van der Waals surface area (Å²) in [7, 11) is 0. The molecule has 1 rings (SSSR count). The predicted molar refractivity (Wildman–Crippen MR) is 69.6 cm³/mol. The summed E-state index contributed by atoms with van der Waals surface area (Å²) in [5.41, 5.74) is 0. The second-order valence-electron chi connectivity index (χ2n) is 4.44. The molecule has 0 aliphatic heterocycles. The minimum absolute atomic E-state index is 0.346. The molecule has 19 heavy (non-hydrogen) atoms. The van der Waals surface area contributed by atoms with Crippen LogP contribution in [0, 0.1) is 5.92 Å². The first-order chi connectivity index (χ1) is 9.00. The summed E-state index contributed by atoms with van der Waals surface area (Å²) >= 11 is 0. The van der Waals surface area contributed by atoms with Crippen LogP contribution in [0.1, 0.15) is 20.3 Å². The molecule has 3 N–H and O–H groups in total. The van der Waals surface area contributed by atoms with Crippen molar-refractivity contribution in [3.63, 3.8) is 0 Å². The molecule has 106 valence electrons. The molecule has 0 radical (unpaired) electrons. The first kappa shape index (κ1) is 15.0. The minimum atomic E-state index is -0.925. The van der Waals surface area contributed by atoms with E-state index in [4.69, 9.17) is 5.11 Å². The maximum atomic E-state index is 11.5. The van der Waals surface area contributed by atoms with E-state index in [9.17, 15) is 9.59 Å². The van der Waals surface area contributed by atoms with E-state index in [-0.39, 0.29) is 6.03 Å². The molecule has 0 aliphatic rings. The fourth-order valence-corrected chi connectivity index (χ4v) is 1.47. The Morgan fingerprint density at radius 2 is 2.16 bits per heavy atom. The predicted octanol–water partition coefficient (Wildman–Crippen LogP) is 0.682. The maximum Gasteiger partial charge on any atom is 0.315 e. The lowest BCUT2D eigenvalue weighted by atomic mass is 10.0. The molecule has 0 aromatic carbocycles. The average Bonchev–Trinajstić information content (AvgIpc) is 2.86. The molecule has 0 bridgehead atoms. The van der Waals surface area contributed by atoms with Crippen LogP contribution in [0.25, 0.3) is 0 Å². The molecule has 2 atom stereocenters. The second kappa shape index (κ2) is 7.40. The molecule has 7 heteroatoms. The number of hydrogen-bond acceptors (Lipinski definition) is 3. The Kier molecular flexibility index (Phi) is 5.84. The zero-order valence-corrected chi connectivity index (χ0v) is 11.2. The smallest absolute Gasteiger partial charge is 0.315 e. The van der Waals surface area contributed by atoms with E-state index in [0.717, 1.165) is 13.0 Å². The first-order valence-corrected chi connectivity index (χ1v) is 6.25. The molecule has 7 nitrogen and oxygen atoms in total. The Hall–Kier alpha value is -2.05. The van der Waals surface area contributed by atoms with Crippen LogP contribution in [-0.4, -0.2) is 39.5 Å². The number of nitrogens with zero attached hydrogens (tertiary/aromatic N) is 2. The molecule has 0 fully saturated rings. The van der Waals surface area contributed by atoms with E-state index in [1.807, 2.05) is 12.3 Å². The molecule has 0 saturated heterocycles. The third kappa shape index (κ3) is 5.41. The van der Waals surface area contributed by atoms with Crippen LogP contribution in [0.3, 0.4) is 0 Å². The molecule has 2 amide bonds. The highest BCUT2D eigenvalue weighted by molar-refractivity contribution is 5.76. The zero-order valence-electron chi connectivity index (χ0n) is 11.2. The van der Waals surface area contributed by atoms with Gasteiger partial charge in [0.15, 0.2) is 0 Å². The summed E-state index contributed by atoms with van der Waals surface area (Å²) in [6, 6.07) is 1.08. The normalized spacial score (nSPS) is 13.6. The van der Waals surface area contributed by atoms with E-state index in [1.54, 1.807) is 24.7 Å². The molecular weight excluding hydrogens is 248 g/mol. The van der Waals surface area contributed by atoms with Gasteiger partial charge in [-0.2, -0.15) is 5.10 Å². The number of hydrogen-bond donors (Lipinski definition) is 3. The minimum Gasteiger partial charge on any atom is -0.481 e. The van der Waals surface area contributed by atoms with Gasteiger partial charge in [0, 0.05) is 31.5 Å². The van der Waals surface area contributed by atoms with Crippen LogP contribution in [0.4, 0.5) is 4.79 Å². The first-order valence-electron chi connectivity index (χ1n) is 6.25. The molecule has 1 aromatic heterocycles. The van der Waals surface area contributed by atoms with Gasteiger partial charge < -0.3 is 15.7 Å². The van der Waals surface area contributed by atoms with Crippen LogP contribution >= 0.6 is 0 Å². The van der Waals surface area contributed by atoms with Crippen molar-refractivity contribution in [1.82, 2.24) is 20.4 Å². The molecular formula is C12H20N4O3. The average molecular weight is 268 g/mol. The maximum absolute atomic E-state index is 11.5. The number of aryl methyl sites for hydroxylation is 1. The summed E-state index contributed by atoms with van der Waals surface area (Å²) < 4.78 is 1.79. The van der Waals surface area contributed by atoms with Gasteiger partial charge in [0.25, 0.3) is 0 Å².